The van der Waals surface area contributed by atoms with E-state index in [-0.39, 0.29) is 24.0 Å². The van der Waals surface area contributed by atoms with Crippen LogP contribution >= 0.6 is 12.6 Å². The lowest BCUT2D eigenvalue weighted by Crippen LogP contribution is -2.54. The van der Waals surface area contributed by atoms with Crippen LogP contribution in [0.2, 0.25) is 0 Å². The van der Waals surface area contributed by atoms with Crippen molar-refractivity contribution in [3.63, 3.8) is 0 Å². The fourth-order valence-electron chi connectivity index (χ4n) is 2.96. The van der Waals surface area contributed by atoms with Gasteiger partial charge in [-0.25, -0.2) is 0 Å². The molecule has 0 spiro atoms. The molecule has 0 fully saturated rings. The van der Waals surface area contributed by atoms with Gasteiger partial charge in [-0.2, -0.15) is 12.6 Å². The molecule has 0 aliphatic carbocycles. The number of hydrogen-bond donors (Lipinski definition) is 5. The lowest BCUT2D eigenvalue weighted by Gasteiger charge is -2.23. The number of carbonyl (C=O) groups is 3. The standard InChI is InChI=1S/C19H26N4O3S/c1-11(2)7-16(22-17(24)10-27)19(26)23-15(18(20)25)8-12-9-21-14-6-4-3-5-13(12)14/h3-6,9,11,15-16,21,27H,7-8,10H2,1-2H3,(H2,20,25)(H,22,24)(H,23,26)/t15-,16-/m0/s1. The van der Waals surface area contributed by atoms with Crippen LogP contribution in [0.5, 0.6) is 0 Å². The second-order valence-corrected chi connectivity index (χ2v) is 7.25. The number of benzene rings is 1. The average molecular weight is 391 g/mol. The number of thiol groups is 1. The van der Waals surface area contributed by atoms with Gasteiger partial charge in [-0.3, -0.25) is 14.4 Å². The first-order chi connectivity index (χ1) is 12.8. The van der Waals surface area contributed by atoms with Gasteiger partial charge in [0.2, 0.25) is 17.7 Å². The minimum atomic E-state index is -0.876. The molecule has 2 rings (SSSR count). The fraction of sp³-hybridized carbons (Fsp3) is 0.421. The largest absolute Gasteiger partial charge is 0.368 e. The third-order valence-corrected chi connectivity index (χ3v) is 4.55. The molecule has 0 aliphatic rings. The van der Waals surface area contributed by atoms with E-state index in [2.05, 4.69) is 28.2 Å². The van der Waals surface area contributed by atoms with E-state index in [9.17, 15) is 14.4 Å². The summed E-state index contributed by atoms with van der Waals surface area (Å²) < 4.78 is 0. The summed E-state index contributed by atoms with van der Waals surface area (Å²) in [5.41, 5.74) is 7.34. The van der Waals surface area contributed by atoms with Crippen LogP contribution in [0.1, 0.15) is 25.8 Å². The molecule has 0 aliphatic heterocycles. The van der Waals surface area contributed by atoms with Gasteiger partial charge in [0, 0.05) is 23.5 Å². The van der Waals surface area contributed by atoms with Gasteiger partial charge in [0.1, 0.15) is 12.1 Å². The number of hydrogen-bond acceptors (Lipinski definition) is 4. The van der Waals surface area contributed by atoms with Gasteiger partial charge in [0.15, 0.2) is 0 Å². The van der Waals surface area contributed by atoms with Crippen molar-refractivity contribution in [1.29, 1.82) is 0 Å². The Kier molecular flexibility index (Phi) is 7.29. The molecule has 0 saturated heterocycles. The molecule has 27 heavy (non-hydrogen) atoms. The number of nitrogens with two attached hydrogens (primary N) is 1. The number of aromatic nitrogens is 1. The third kappa shape index (κ3) is 5.75. The maximum Gasteiger partial charge on any atom is 0.243 e. The number of nitrogens with one attached hydrogen (secondary N) is 3. The molecular formula is C19H26N4O3S. The number of para-hydroxylation sites is 1. The Bertz CT molecular complexity index is 818. The molecule has 7 nitrogen and oxygen atoms in total. The van der Waals surface area contributed by atoms with E-state index < -0.39 is 23.9 Å². The van der Waals surface area contributed by atoms with Gasteiger partial charge < -0.3 is 21.4 Å². The van der Waals surface area contributed by atoms with Crippen molar-refractivity contribution in [3.8, 4) is 0 Å². The summed E-state index contributed by atoms with van der Waals surface area (Å²) in [5.74, 6) is -1.23. The van der Waals surface area contributed by atoms with Crippen LogP contribution in [0.25, 0.3) is 10.9 Å². The fourth-order valence-corrected chi connectivity index (χ4v) is 3.05. The predicted molar refractivity (Wildman–Crippen MR) is 108 cm³/mol. The highest BCUT2D eigenvalue weighted by Crippen LogP contribution is 2.19. The Morgan fingerprint density at radius 3 is 2.48 bits per heavy atom. The highest BCUT2D eigenvalue weighted by molar-refractivity contribution is 7.81. The van der Waals surface area contributed by atoms with Crippen molar-refractivity contribution >= 4 is 41.3 Å². The molecular weight excluding hydrogens is 364 g/mol. The van der Waals surface area contributed by atoms with Crippen LogP contribution in [0.3, 0.4) is 0 Å². The first kappa shape index (κ1) is 20.8. The maximum atomic E-state index is 12.7. The normalized spacial score (nSPS) is 13.3. The molecule has 1 aromatic carbocycles. The van der Waals surface area contributed by atoms with Gasteiger partial charge in [-0.1, -0.05) is 32.0 Å². The lowest BCUT2D eigenvalue weighted by atomic mass is 10.0. The Labute approximate surface area is 163 Å². The van der Waals surface area contributed by atoms with Crippen LogP contribution in [-0.4, -0.2) is 40.5 Å². The number of primary amides is 1. The molecule has 0 radical (unpaired) electrons. The molecule has 146 valence electrons. The first-order valence-corrected chi connectivity index (χ1v) is 9.50. The summed E-state index contributed by atoms with van der Waals surface area (Å²) in [6.45, 7) is 3.90. The number of aromatic amines is 1. The Morgan fingerprint density at radius 1 is 1.15 bits per heavy atom. The van der Waals surface area contributed by atoms with Gasteiger partial charge >= 0.3 is 0 Å². The van der Waals surface area contributed by atoms with E-state index in [1.54, 1.807) is 6.20 Å². The molecule has 1 heterocycles. The molecule has 5 N–H and O–H groups in total. The minimum absolute atomic E-state index is 0.0174. The second kappa shape index (κ2) is 9.45. The van der Waals surface area contributed by atoms with Crippen molar-refractivity contribution in [2.45, 2.75) is 38.8 Å². The van der Waals surface area contributed by atoms with Crippen LogP contribution in [0.15, 0.2) is 30.5 Å². The summed E-state index contributed by atoms with van der Waals surface area (Å²) in [7, 11) is 0. The highest BCUT2D eigenvalue weighted by Gasteiger charge is 2.26. The average Bonchev–Trinajstić information content (AvgIpc) is 3.03. The summed E-state index contributed by atoms with van der Waals surface area (Å²) in [4.78, 5) is 39.4. The van der Waals surface area contributed by atoms with E-state index in [0.29, 0.717) is 6.42 Å². The Balaban J connectivity index is 2.14. The second-order valence-electron chi connectivity index (χ2n) is 6.93. The van der Waals surface area contributed by atoms with E-state index in [0.717, 1.165) is 16.5 Å². The van der Waals surface area contributed by atoms with Crippen molar-refractivity contribution in [2.24, 2.45) is 11.7 Å². The minimum Gasteiger partial charge on any atom is -0.368 e. The quantitative estimate of drug-likeness (QED) is 0.413. The maximum absolute atomic E-state index is 12.7. The molecule has 2 atom stereocenters. The number of amides is 3. The molecule has 2 aromatic rings. The van der Waals surface area contributed by atoms with Crippen LogP contribution in [0, 0.1) is 5.92 Å². The van der Waals surface area contributed by atoms with Crippen LogP contribution in [0.4, 0.5) is 0 Å². The van der Waals surface area contributed by atoms with Crippen molar-refractivity contribution in [2.75, 3.05) is 5.75 Å². The van der Waals surface area contributed by atoms with Gasteiger partial charge in [0.05, 0.1) is 5.75 Å². The number of fused-ring (bicyclic) bond motifs is 1. The monoisotopic (exact) mass is 390 g/mol. The Morgan fingerprint density at radius 2 is 1.85 bits per heavy atom. The molecule has 0 saturated carbocycles. The molecule has 1 aromatic heterocycles. The zero-order valence-corrected chi connectivity index (χ0v) is 16.4. The smallest absolute Gasteiger partial charge is 0.243 e. The molecule has 3 amide bonds. The molecule has 8 heteroatoms. The summed E-state index contributed by atoms with van der Waals surface area (Å²) in [5, 5.41) is 6.30. The van der Waals surface area contributed by atoms with Crippen molar-refractivity contribution < 1.29 is 14.4 Å². The number of carbonyl (C=O) groups excluding carboxylic acids is 3. The van der Waals surface area contributed by atoms with E-state index >= 15 is 0 Å². The summed E-state index contributed by atoms with van der Waals surface area (Å²) in [6.07, 6.45) is 2.52. The topological polar surface area (TPSA) is 117 Å². The third-order valence-electron chi connectivity index (χ3n) is 4.26. The zero-order chi connectivity index (χ0) is 20.0. The van der Waals surface area contributed by atoms with Crippen LogP contribution in [-0.2, 0) is 20.8 Å². The van der Waals surface area contributed by atoms with E-state index in [1.807, 2.05) is 38.1 Å². The molecule has 0 bridgehead atoms. The first-order valence-electron chi connectivity index (χ1n) is 8.86. The zero-order valence-electron chi connectivity index (χ0n) is 15.5. The summed E-state index contributed by atoms with van der Waals surface area (Å²) in [6, 6.07) is 6.08. The van der Waals surface area contributed by atoms with Gasteiger partial charge in [0.25, 0.3) is 0 Å². The molecule has 0 unspecified atom stereocenters. The summed E-state index contributed by atoms with van der Waals surface area (Å²) >= 11 is 3.92. The van der Waals surface area contributed by atoms with Gasteiger partial charge in [-0.05, 0) is 24.0 Å². The highest BCUT2D eigenvalue weighted by atomic mass is 32.1. The van der Waals surface area contributed by atoms with E-state index in [1.165, 1.54) is 0 Å². The van der Waals surface area contributed by atoms with Crippen LogP contribution < -0.4 is 16.4 Å². The Hall–Kier alpha value is -2.48. The van der Waals surface area contributed by atoms with E-state index in [4.69, 9.17) is 5.73 Å². The van der Waals surface area contributed by atoms with Crippen molar-refractivity contribution in [3.05, 3.63) is 36.0 Å². The van der Waals surface area contributed by atoms with Crippen molar-refractivity contribution in [1.82, 2.24) is 15.6 Å². The number of rotatable bonds is 9. The SMILES string of the molecule is CC(C)C[C@H](NC(=O)CS)C(=O)N[C@@H](Cc1c[nH]c2ccccc12)C(N)=O. The number of H-pyrrole nitrogens is 1. The van der Waals surface area contributed by atoms with Gasteiger partial charge in [-0.15, -0.1) is 0 Å². The lowest BCUT2D eigenvalue weighted by molar-refractivity contribution is -0.131. The predicted octanol–water partition coefficient (Wildman–Crippen LogP) is 1.14.